The summed E-state index contributed by atoms with van der Waals surface area (Å²) < 4.78 is 16.1. The Morgan fingerprint density at radius 2 is 0.891 bits per heavy atom. The van der Waals surface area contributed by atoms with Crippen LogP contribution in [0, 0.1) is 16.7 Å². The minimum Gasteiger partial charge on any atom is -0.462 e. The summed E-state index contributed by atoms with van der Waals surface area (Å²) in [4.78, 5) is 77.4. The van der Waals surface area contributed by atoms with Crippen molar-refractivity contribution < 1.29 is 43.9 Å². The smallest absolute Gasteiger partial charge is 0.337 e. The van der Waals surface area contributed by atoms with Gasteiger partial charge in [0, 0.05) is 0 Å². The van der Waals surface area contributed by atoms with Gasteiger partial charge in [-0.05, 0) is 36.0 Å². The predicted octanol–water partition coefficient (Wildman–Crippen LogP) is 0.583. The number of aromatic nitrogens is 3. The van der Waals surface area contributed by atoms with Gasteiger partial charge in [0.15, 0.2) is 0 Å². The summed E-state index contributed by atoms with van der Waals surface area (Å²) in [6, 6.07) is 0. The Labute approximate surface area is 269 Å². The lowest BCUT2D eigenvalue weighted by atomic mass is 9.84. The first-order valence-corrected chi connectivity index (χ1v) is 15.7. The van der Waals surface area contributed by atoms with E-state index in [1.165, 1.54) is 0 Å². The molecule has 1 aromatic rings. The maximum Gasteiger partial charge on any atom is 0.337 e. The van der Waals surface area contributed by atoms with Crippen molar-refractivity contribution in [1.82, 2.24) is 13.7 Å². The highest BCUT2D eigenvalue weighted by Gasteiger charge is 2.25. The molecule has 0 saturated heterocycles. The van der Waals surface area contributed by atoms with E-state index in [0.717, 1.165) is 12.8 Å². The van der Waals surface area contributed by atoms with Gasteiger partial charge in [-0.2, -0.15) is 0 Å². The van der Waals surface area contributed by atoms with Crippen LogP contribution in [0.3, 0.4) is 0 Å². The normalized spacial score (nSPS) is 14.1. The number of ether oxygens (including phenoxy) is 3. The molecule has 3 unspecified atom stereocenters. The average Bonchev–Trinajstić information content (AvgIpc) is 2.95. The molecule has 1 aromatic heterocycles. The molecule has 0 aliphatic carbocycles. The molecule has 0 aromatic carbocycles. The molecular formula is C31H53N3O12. The van der Waals surface area contributed by atoms with Gasteiger partial charge < -0.3 is 29.5 Å². The van der Waals surface area contributed by atoms with Crippen molar-refractivity contribution in [3.8, 4) is 0 Å². The van der Waals surface area contributed by atoms with E-state index in [-0.39, 0.29) is 16.7 Å². The Kier molecular flexibility index (Phi) is 16.1. The van der Waals surface area contributed by atoms with E-state index in [0.29, 0.717) is 33.0 Å². The van der Waals surface area contributed by atoms with Crippen LogP contribution in [0.1, 0.15) is 87.5 Å². The van der Waals surface area contributed by atoms with Gasteiger partial charge >= 0.3 is 35.0 Å². The molecule has 1 heterocycles. The van der Waals surface area contributed by atoms with E-state index in [1.54, 1.807) is 0 Å². The van der Waals surface area contributed by atoms with Crippen LogP contribution >= 0.6 is 0 Å². The molecule has 0 radical (unpaired) electrons. The SMILES string of the molecule is CCC(C)(C)CC(O)COC(=O)Cn1c(=O)n(CC(=O)OCC(O)CC(C)C)c(=O)n(CC(=O)OCC(O)CC(C)(C)CC)c1=O. The summed E-state index contributed by atoms with van der Waals surface area (Å²) in [6.45, 7) is 11.1. The molecule has 0 fully saturated rings. The second kappa shape index (κ2) is 18.1. The third-order valence-corrected chi connectivity index (χ3v) is 7.79. The zero-order valence-electron chi connectivity index (χ0n) is 28.4. The van der Waals surface area contributed by atoms with Gasteiger partial charge in [-0.15, -0.1) is 0 Å². The van der Waals surface area contributed by atoms with E-state index in [1.807, 2.05) is 55.4 Å². The van der Waals surface area contributed by atoms with Crippen LogP contribution in [0.25, 0.3) is 0 Å². The van der Waals surface area contributed by atoms with Crippen molar-refractivity contribution >= 4 is 17.9 Å². The molecule has 0 spiro atoms. The first kappa shape index (κ1) is 40.7. The number of carbonyl (C=O) groups excluding carboxylic acids is 3. The number of hydrogen-bond donors (Lipinski definition) is 3. The van der Waals surface area contributed by atoms with E-state index in [4.69, 9.17) is 14.2 Å². The van der Waals surface area contributed by atoms with E-state index in [9.17, 15) is 44.1 Å². The molecule has 0 aliphatic rings. The third kappa shape index (κ3) is 14.0. The van der Waals surface area contributed by atoms with Crippen molar-refractivity contribution in [1.29, 1.82) is 0 Å². The van der Waals surface area contributed by atoms with Gasteiger partial charge in [-0.3, -0.25) is 14.4 Å². The average molecular weight is 660 g/mol. The van der Waals surface area contributed by atoms with Gasteiger partial charge in [0.1, 0.15) is 39.5 Å². The number of nitrogens with zero attached hydrogens (tertiary/aromatic N) is 3. The molecule has 46 heavy (non-hydrogen) atoms. The number of esters is 3. The van der Waals surface area contributed by atoms with Crippen molar-refractivity contribution in [2.75, 3.05) is 19.8 Å². The van der Waals surface area contributed by atoms with Crippen molar-refractivity contribution in [3.05, 3.63) is 31.5 Å². The minimum atomic E-state index is -1.35. The number of aliphatic hydroxyl groups is 3. The van der Waals surface area contributed by atoms with Crippen molar-refractivity contribution in [2.24, 2.45) is 16.7 Å². The fraction of sp³-hybridized carbons (Fsp3) is 0.806. The van der Waals surface area contributed by atoms with E-state index in [2.05, 4.69) is 0 Å². The molecular weight excluding hydrogens is 606 g/mol. The van der Waals surface area contributed by atoms with Gasteiger partial charge in [0.05, 0.1) is 18.3 Å². The molecule has 15 heteroatoms. The molecule has 0 bridgehead atoms. The Balaban J connectivity index is 3.29. The lowest BCUT2D eigenvalue weighted by Crippen LogP contribution is -2.56. The molecule has 0 amide bonds. The Bertz CT molecular complexity index is 1260. The van der Waals surface area contributed by atoms with Crippen LogP contribution < -0.4 is 17.1 Å². The summed E-state index contributed by atoms with van der Waals surface area (Å²) >= 11 is 0. The van der Waals surface area contributed by atoms with Gasteiger partial charge in [-0.25, -0.2) is 28.1 Å². The molecule has 1 rings (SSSR count). The highest BCUT2D eigenvalue weighted by molar-refractivity contribution is 5.70. The summed E-state index contributed by atoms with van der Waals surface area (Å²) in [5.41, 5.74) is -4.51. The zero-order valence-corrected chi connectivity index (χ0v) is 28.4. The van der Waals surface area contributed by atoms with Crippen LogP contribution in [-0.4, -0.2) is 85.1 Å². The summed E-state index contributed by atoms with van der Waals surface area (Å²) in [7, 11) is 0. The zero-order chi connectivity index (χ0) is 35.4. The Hall–Kier alpha value is -3.30. The summed E-state index contributed by atoms with van der Waals surface area (Å²) in [5.74, 6) is -3.17. The standard InChI is InChI=1S/C31H53N3O12/c1-9-30(5,6)12-22(36)18-45-25(39)15-33-27(41)32(14-24(38)44-17-21(35)11-20(3)4)28(42)34(29(33)43)16-26(40)46-19-23(37)13-31(7,8)10-2/h20-23,35-37H,9-19H2,1-8H3. The first-order valence-electron chi connectivity index (χ1n) is 15.7. The lowest BCUT2D eigenvalue weighted by Gasteiger charge is -2.25. The molecule has 0 saturated carbocycles. The van der Waals surface area contributed by atoms with Gasteiger partial charge in [-0.1, -0.05) is 68.2 Å². The monoisotopic (exact) mass is 659 g/mol. The molecule has 3 atom stereocenters. The highest BCUT2D eigenvalue weighted by Crippen LogP contribution is 2.27. The maximum atomic E-state index is 13.2. The maximum absolute atomic E-state index is 13.2. The second-order valence-corrected chi connectivity index (χ2v) is 13.7. The number of hydrogen-bond acceptors (Lipinski definition) is 12. The van der Waals surface area contributed by atoms with Crippen LogP contribution in [0.5, 0.6) is 0 Å². The molecule has 0 aliphatic heterocycles. The highest BCUT2D eigenvalue weighted by atomic mass is 16.6. The quantitative estimate of drug-likeness (QED) is 0.130. The Morgan fingerprint density at radius 1 is 0.609 bits per heavy atom. The second-order valence-electron chi connectivity index (χ2n) is 13.7. The number of carbonyl (C=O) groups is 3. The lowest BCUT2D eigenvalue weighted by molar-refractivity contribution is -0.148. The third-order valence-electron chi connectivity index (χ3n) is 7.79. The van der Waals surface area contributed by atoms with Crippen LogP contribution in [0.4, 0.5) is 0 Å². The fourth-order valence-corrected chi connectivity index (χ4v) is 4.47. The summed E-state index contributed by atoms with van der Waals surface area (Å²) in [6.07, 6.45) is -0.566. The Morgan fingerprint density at radius 3 is 1.15 bits per heavy atom. The van der Waals surface area contributed by atoms with Crippen LogP contribution in [0.15, 0.2) is 14.4 Å². The fourth-order valence-electron chi connectivity index (χ4n) is 4.47. The van der Waals surface area contributed by atoms with Crippen molar-refractivity contribution in [2.45, 2.75) is 125 Å². The molecule has 264 valence electrons. The van der Waals surface area contributed by atoms with Crippen LogP contribution in [0.2, 0.25) is 0 Å². The minimum absolute atomic E-state index is 0.102. The summed E-state index contributed by atoms with van der Waals surface area (Å²) in [5, 5.41) is 30.5. The van der Waals surface area contributed by atoms with E-state index >= 15 is 0 Å². The number of rotatable bonds is 20. The largest absolute Gasteiger partial charge is 0.462 e. The molecule has 15 nitrogen and oxygen atoms in total. The first-order chi connectivity index (χ1) is 21.2. The number of aliphatic hydroxyl groups excluding tert-OH is 3. The van der Waals surface area contributed by atoms with Crippen molar-refractivity contribution in [3.63, 3.8) is 0 Å². The molecule has 3 N–H and O–H groups in total. The topological polar surface area (TPSA) is 206 Å². The predicted molar refractivity (Wildman–Crippen MR) is 167 cm³/mol. The van der Waals surface area contributed by atoms with Crippen LogP contribution in [-0.2, 0) is 48.2 Å². The van der Waals surface area contributed by atoms with Gasteiger partial charge in [0.25, 0.3) is 0 Å². The van der Waals surface area contributed by atoms with Gasteiger partial charge in [0.2, 0.25) is 0 Å². The van der Waals surface area contributed by atoms with E-state index < -0.39 is 92.7 Å².